The van der Waals surface area contributed by atoms with Crippen LogP contribution in [0.3, 0.4) is 0 Å². The highest BCUT2D eigenvalue weighted by Crippen LogP contribution is 2.32. The van der Waals surface area contributed by atoms with E-state index in [0.29, 0.717) is 29.2 Å². The summed E-state index contributed by atoms with van der Waals surface area (Å²) >= 11 is 0. The Kier molecular flexibility index (Phi) is 5.32. The van der Waals surface area contributed by atoms with Crippen molar-refractivity contribution in [1.82, 2.24) is 14.5 Å². The first kappa shape index (κ1) is 19.7. The third-order valence-corrected chi connectivity index (χ3v) is 5.11. The molecule has 28 heavy (non-hydrogen) atoms. The van der Waals surface area contributed by atoms with E-state index in [0.717, 1.165) is 6.26 Å². The van der Waals surface area contributed by atoms with Crippen molar-refractivity contribution < 1.29 is 23.0 Å². The molecule has 9 nitrogen and oxygen atoms in total. The van der Waals surface area contributed by atoms with E-state index in [1.807, 2.05) is 6.92 Å². The van der Waals surface area contributed by atoms with Gasteiger partial charge in [0.1, 0.15) is 15.6 Å². The molecule has 1 atom stereocenters. The van der Waals surface area contributed by atoms with Crippen molar-refractivity contribution >= 4 is 21.0 Å². The first-order chi connectivity index (χ1) is 13.2. The molecule has 0 spiro atoms. The molecule has 10 heteroatoms. The van der Waals surface area contributed by atoms with Gasteiger partial charge in [0.25, 0.3) is 0 Å². The number of sulfone groups is 1. The van der Waals surface area contributed by atoms with Gasteiger partial charge < -0.3 is 19.6 Å². The Morgan fingerprint density at radius 1 is 1.29 bits per heavy atom. The standard InChI is InChI=1S/C18H21N3O6S/c1-4-27-16-7-11(5-6-15(16)26-2)14(10-28(3,24)25)21-17-13(20-18(21)23)8-12(22)9-19-17/h5-9,14,22H,4,10H2,1-3H3,(H,20,23)/t14-/m1/s1. The molecular formula is C18H21N3O6S. The summed E-state index contributed by atoms with van der Waals surface area (Å²) in [5, 5.41) is 9.61. The first-order valence-corrected chi connectivity index (χ1v) is 10.6. The van der Waals surface area contributed by atoms with Crippen LogP contribution in [0.5, 0.6) is 17.2 Å². The minimum Gasteiger partial charge on any atom is -0.506 e. The normalized spacial score (nSPS) is 12.8. The van der Waals surface area contributed by atoms with Gasteiger partial charge in [0.15, 0.2) is 17.1 Å². The number of imidazole rings is 1. The van der Waals surface area contributed by atoms with E-state index in [-0.39, 0.29) is 17.1 Å². The second-order valence-electron chi connectivity index (χ2n) is 6.32. The van der Waals surface area contributed by atoms with Crippen LogP contribution in [0.4, 0.5) is 0 Å². The Bertz CT molecular complexity index is 1170. The van der Waals surface area contributed by atoms with Crippen molar-refractivity contribution in [1.29, 1.82) is 0 Å². The quantitative estimate of drug-likeness (QED) is 0.608. The maximum Gasteiger partial charge on any atom is 0.328 e. The number of fused-ring (bicyclic) bond motifs is 1. The molecular weight excluding hydrogens is 386 g/mol. The number of nitrogens with one attached hydrogen (secondary N) is 1. The van der Waals surface area contributed by atoms with Gasteiger partial charge in [-0.15, -0.1) is 0 Å². The molecule has 0 saturated heterocycles. The van der Waals surface area contributed by atoms with Crippen molar-refractivity contribution in [3.05, 3.63) is 46.5 Å². The van der Waals surface area contributed by atoms with Crippen LogP contribution in [-0.2, 0) is 9.84 Å². The van der Waals surface area contributed by atoms with Crippen LogP contribution >= 0.6 is 0 Å². The summed E-state index contributed by atoms with van der Waals surface area (Å²) in [4.78, 5) is 19.3. The number of hydrogen-bond acceptors (Lipinski definition) is 7. The van der Waals surface area contributed by atoms with E-state index in [9.17, 15) is 18.3 Å². The fraction of sp³-hybridized carbons (Fsp3) is 0.333. The van der Waals surface area contributed by atoms with Gasteiger partial charge in [0.05, 0.1) is 37.2 Å². The second-order valence-corrected chi connectivity index (χ2v) is 8.50. The molecule has 0 unspecified atom stereocenters. The third-order valence-electron chi connectivity index (χ3n) is 4.19. The van der Waals surface area contributed by atoms with Gasteiger partial charge in [-0.3, -0.25) is 4.57 Å². The fourth-order valence-electron chi connectivity index (χ4n) is 3.07. The van der Waals surface area contributed by atoms with Crippen LogP contribution in [0.15, 0.2) is 35.3 Å². The van der Waals surface area contributed by atoms with Gasteiger partial charge in [0.2, 0.25) is 0 Å². The Balaban J connectivity index is 2.23. The molecule has 2 aromatic heterocycles. The number of benzene rings is 1. The number of aromatic amines is 1. The van der Waals surface area contributed by atoms with Gasteiger partial charge in [-0.2, -0.15) is 0 Å². The van der Waals surface area contributed by atoms with Crippen LogP contribution < -0.4 is 15.2 Å². The number of hydrogen-bond donors (Lipinski definition) is 2. The first-order valence-electron chi connectivity index (χ1n) is 8.51. The van der Waals surface area contributed by atoms with Gasteiger partial charge in [-0.25, -0.2) is 18.2 Å². The summed E-state index contributed by atoms with van der Waals surface area (Å²) < 4.78 is 36.3. The molecule has 150 valence electrons. The smallest absolute Gasteiger partial charge is 0.328 e. The zero-order chi connectivity index (χ0) is 20.5. The molecule has 0 fully saturated rings. The molecule has 2 N–H and O–H groups in total. The number of H-pyrrole nitrogens is 1. The van der Waals surface area contributed by atoms with Crippen LogP contribution in [-0.4, -0.2) is 53.8 Å². The third kappa shape index (κ3) is 3.96. The van der Waals surface area contributed by atoms with Crippen LogP contribution in [0.25, 0.3) is 11.2 Å². The topological polar surface area (TPSA) is 124 Å². The summed E-state index contributed by atoms with van der Waals surface area (Å²) in [7, 11) is -1.95. The molecule has 0 saturated carbocycles. The average Bonchev–Trinajstić information content (AvgIpc) is 2.94. The molecule has 3 aromatic rings. The van der Waals surface area contributed by atoms with E-state index in [1.54, 1.807) is 18.2 Å². The molecule has 0 amide bonds. The van der Waals surface area contributed by atoms with Crippen molar-refractivity contribution in [2.24, 2.45) is 0 Å². The van der Waals surface area contributed by atoms with E-state index >= 15 is 0 Å². The highest BCUT2D eigenvalue weighted by Gasteiger charge is 2.25. The second kappa shape index (κ2) is 7.55. The lowest BCUT2D eigenvalue weighted by Gasteiger charge is -2.20. The maximum absolute atomic E-state index is 12.6. The van der Waals surface area contributed by atoms with Crippen LogP contribution in [0.2, 0.25) is 0 Å². The maximum atomic E-state index is 12.6. The monoisotopic (exact) mass is 407 g/mol. The largest absolute Gasteiger partial charge is 0.506 e. The zero-order valence-electron chi connectivity index (χ0n) is 15.7. The molecule has 0 aliphatic rings. The predicted octanol–water partition coefficient (Wildman–Crippen LogP) is 1.47. The summed E-state index contributed by atoms with van der Waals surface area (Å²) in [6.07, 6.45) is 2.30. The lowest BCUT2D eigenvalue weighted by Crippen LogP contribution is -2.28. The van der Waals surface area contributed by atoms with Gasteiger partial charge in [-0.05, 0) is 24.6 Å². The molecule has 0 aliphatic heterocycles. The van der Waals surface area contributed by atoms with Crippen molar-refractivity contribution in [3.8, 4) is 17.2 Å². The number of methoxy groups -OCH3 is 1. The van der Waals surface area contributed by atoms with Crippen LogP contribution in [0.1, 0.15) is 18.5 Å². The van der Waals surface area contributed by atoms with E-state index in [1.165, 1.54) is 23.9 Å². The van der Waals surface area contributed by atoms with E-state index in [2.05, 4.69) is 9.97 Å². The zero-order valence-corrected chi connectivity index (χ0v) is 16.5. The predicted molar refractivity (Wildman–Crippen MR) is 104 cm³/mol. The Morgan fingerprint density at radius 3 is 2.68 bits per heavy atom. The number of rotatable bonds is 7. The van der Waals surface area contributed by atoms with Crippen molar-refractivity contribution in [2.75, 3.05) is 25.7 Å². The lowest BCUT2D eigenvalue weighted by molar-refractivity contribution is 0.310. The van der Waals surface area contributed by atoms with Gasteiger partial charge >= 0.3 is 5.69 Å². The summed E-state index contributed by atoms with van der Waals surface area (Å²) in [5.41, 5.74) is 0.565. The number of aromatic nitrogens is 3. The highest BCUT2D eigenvalue weighted by atomic mass is 32.2. The molecule has 3 rings (SSSR count). The molecule has 0 bridgehead atoms. The number of aromatic hydroxyl groups is 1. The Labute approximate surface area is 161 Å². The molecule has 0 aliphatic carbocycles. The highest BCUT2D eigenvalue weighted by molar-refractivity contribution is 7.90. The van der Waals surface area contributed by atoms with Crippen molar-refractivity contribution in [2.45, 2.75) is 13.0 Å². The Morgan fingerprint density at radius 2 is 2.04 bits per heavy atom. The SMILES string of the molecule is CCOc1cc([C@@H](CS(C)(=O)=O)n2c(=O)[nH]c3cc(O)cnc32)ccc1OC. The number of ether oxygens (including phenoxy) is 2. The lowest BCUT2D eigenvalue weighted by atomic mass is 10.1. The van der Waals surface area contributed by atoms with E-state index < -0.39 is 21.6 Å². The minimum atomic E-state index is -3.45. The summed E-state index contributed by atoms with van der Waals surface area (Å²) in [6, 6.07) is 5.51. The Hall–Kier alpha value is -3.01. The number of nitrogens with zero attached hydrogens (tertiary/aromatic N) is 2. The summed E-state index contributed by atoms with van der Waals surface area (Å²) in [6.45, 7) is 2.21. The van der Waals surface area contributed by atoms with E-state index in [4.69, 9.17) is 9.47 Å². The van der Waals surface area contributed by atoms with Crippen LogP contribution in [0, 0.1) is 0 Å². The molecule has 1 aromatic carbocycles. The fourth-order valence-corrected chi connectivity index (χ4v) is 3.98. The molecule has 0 radical (unpaired) electrons. The van der Waals surface area contributed by atoms with Gasteiger partial charge in [-0.1, -0.05) is 6.07 Å². The average molecular weight is 407 g/mol. The van der Waals surface area contributed by atoms with Gasteiger partial charge in [0, 0.05) is 12.3 Å². The number of pyridine rings is 1. The summed E-state index contributed by atoms with van der Waals surface area (Å²) in [5.74, 6) is 0.515. The molecule has 2 heterocycles. The minimum absolute atomic E-state index is 0.108. The van der Waals surface area contributed by atoms with Crippen molar-refractivity contribution in [3.63, 3.8) is 0 Å².